The highest BCUT2D eigenvalue weighted by Crippen LogP contribution is 2.33. The molecular formula is C21H25N3O2S. The molecule has 1 aliphatic rings. The van der Waals surface area contributed by atoms with Gasteiger partial charge in [0.15, 0.2) is 0 Å². The van der Waals surface area contributed by atoms with E-state index in [1.54, 1.807) is 22.8 Å². The molecule has 0 fully saturated rings. The molecule has 0 spiro atoms. The SMILES string of the molecule is C[C@H](O)CNc1nc2sc3c(c2c(=O)n1Cc1ccccc1)CCCCC3. The van der Waals surface area contributed by atoms with Crippen LogP contribution in [-0.2, 0) is 19.4 Å². The van der Waals surface area contributed by atoms with Gasteiger partial charge in [-0.15, -0.1) is 11.3 Å². The lowest BCUT2D eigenvalue weighted by atomic mass is 10.1. The van der Waals surface area contributed by atoms with Crippen LogP contribution in [-0.4, -0.2) is 27.3 Å². The van der Waals surface area contributed by atoms with Gasteiger partial charge in [-0.2, -0.15) is 0 Å². The fourth-order valence-corrected chi connectivity index (χ4v) is 4.95. The van der Waals surface area contributed by atoms with Crippen LogP contribution in [0, 0.1) is 0 Å². The monoisotopic (exact) mass is 383 g/mol. The average molecular weight is 384 g/mol. The first-order valence-corrected chi connectivity index (χ1v) is 10.5. The van der Waals surface area contributed by atoms with Crippen LogP contribution in [0.25, 0.3) is 10.2 Å². The molecule has 0 radical (unpaired) electrons. The number of anilines is 1. The summed E-state index contributed by atoms with van der Waals surface area (Å²) in [4.78, 5) is 20.4. The second kappa shape index (κ2) is 7.82. The van der Waals surface area contributed by atoms with E-state index in [1.807, 2.05) is 30.3 Å². The van der Waals surface area contributed by atoms with Crippen LogP contribution in [0.1, 0.15) is 42.2 Å². The number of hydrogen-bond donors (Lipinski definition) is 2. The molecule has 0 saturated carbocycles. The fraction of sp³-hybridized carbons (Fsp3) is 0.429. The second-order valence-electron chi connectivity index (χ2n) is 7.29. The molecule has 4 rings (SSSR count). The van der Waals surface area contributed by atoms with Crippen molar-refractivity contribution >= 4 is 27.5 Å². The van der Waals surface area contributed by atoms with Crippen molar-refractivity contribution in [1.82, 2.24) is 9.55 Å². The lowest BCUT2D eigenvalue weighted by molar-refractivity contribution is 0.208. The van der Waals surface area contributed by atoms with Gasteiger partial charge >= 0.3 is 0 Å². The molecule has 0 unspecified atom stereocenters. The van der Waals surface area contributed by atoms with Gasteiger partial charge in [0.25, 0.3) is 5.56 Å². The molecule has 2 aromatic heterocycles. The largest absolute Gasteiger partial charge is 0.392 e. The van der Waals surface area contributed by atoms with Gasteiger partial charge in [0, 0.05) is 11.4 Å². The first-order valence-electron chi connectivity index (χ1n) is 9.64. The zero-order chi connectivity index (χ0) is 18.8. The number of thiophene rings is 1. The maximum absolute atomic E-state index is 13.5. The Morgan fingerprint density at radius 1 is 1.22 bits per heavy atom. The number of hydrogen-bond acceptors (Lipinski definition) is 5. The van der Waals surface area contributed by atoms with Crippen LogP contribution >= 0.6 is 11.3 Å². The van der Waals surface area contributed by atoms with Crippen LogP contribution in [0.3, 0.4) is 0 Å². The quantitative estimate of drug-likeness (QED) is 0.661. The van der Waals surface area contributed by atoms with Crippen molar-refractivity contribution in [3.63, 3.8) is 0 Å². The number of aryl methyl sites for hydroxylation is 2. The predicted octanol–water partition coefficient (Wildman–Crippen LogP) is 3.57. The zero-order valence-corrected chi connectivity index (χ0v) is 16.4. The molecule has 5 nitrogen and oxygen atoms in total. The Hall–Kier alpha value is -2.18. The molecular weight excluding hydrogens is 358 g/mol. The number of aromatic nitrogens is 2. The maximum atomic E-state index is 13.5. The third-order valence-corrected chi connectivity index (χ3v) is 6.25. The minimum Gasteiger partial charge on any atom is -0.392 e. The Morgan fingerprint density at radius 2 is 2.00 bits per heavy atom. The molecule has 6 heteroatoms. The van der Waals surface area contributed by atoms with Crippen molar-refractivity contribution in [2.24, 2.45) is 0 Å². The first kappa shape index (κ1) is 18.2. The highest BCUT2D eigenvalue weighted by molar-refractivity contribution is 7.18. The van der Waals surface area contributed by atoms with Gasteiger partial charge in [-0.3, -0.25) is 9.36 Å². The summed E-state index contributed by atoms with van der Waals surface area (Å²) < 4.78 is 1.72. The van der Waals surface area contributed by atoms with Crippen molar-refractivity contribution < 1.29 is 5.11 Å². The van der Waals surface area contributed by atoms with Gasteiger partial charge in [-0.1, -0.05) is 36.8 Å². The average Bonchev–Trinajstić information content (AvgIpc) is 2.84. The van der Waals surface area contributed by atoms with Crippen LogP contribution < -0.4 is 10.9 Å². The van der Waals surface area contributed by atoms with Crippen LogP contribution in [0.5, 0.6) is 0 Å². The van der Waals surface area contributed by atoms with Crippen molar-refractivity contribution in [1.29, 1.82) is 0 Å². The molecule has 0 bridgehead atoms. The minimum absolute atomic E-state index is 0.0244. The highest BCUT2D eigenvalue weighted by atomic mass is 32.1. The standard InChI is InChI=1S/C21H25N3O2S/c1-14(25)12-22-21-23-19-18(16-10-6-3-7-11-17(16)27-19)20(26)24(21)13-15-8-4-2-5-9-15/h2,4-5,8-9,14,25H,3,6-7,10-13H2,1H3,(H,22,23)/t14-/m0/s1. The van der Waals surface area contributed by atoms with Gasteiger partial charge in [-0.25, -0.2) is 4.98 Å². The molecule has 1 aromatic carbocycles. The summed E-state index contributed by atoms with van der Waals surface area (Å²) in [5, 5.41) is 13.6. The summed E-state index contributed by atoms with van der Waals surface area (Å²) in [7, 11) is 0. The zero-order valence-electron chi connectivity index (χ0n) is 15.6. The van der Waals surface area contributed by atoms with Crippen molar-refractivity contribution in [3.05, 3.63) is 56.7 Å². The lowest BCUT2D eigenvalue weighted by Crippen LogP contribution is -2.28. The molecule has 1 atom stereocenters. The van der Waals surface area contributed by atoms with Gasteiger partial charge in [0.1, 0.15) is 4.83 Å². The minimum atomic E-state index is -0.511. The third kappa shape index (κ3) is 3.77. The van der Waals surface area contributed by atoms with Crippen LogP contribution in [0.4, 0.5) is 5.95 Å². The van der Waals surface area contributed by atoms with Crippen molar-refractivity contribution in [2.75, 3.05) is 11.9 Å². The van der Waals surface area contributed by atoms with E-state index in [0.717, 1.165) is 35.0 Å². The number of rotatable bonds is 5. The Labute approximate surface area is 162 Å². The van der Waals surface area contributed by atoms with Crippen LogP contribution in [0.2, 0.25) is 0 Å². The Bertz CT molecular complexity index is 992. The van der Waals surface area contributed by atoms with Gasteiger partial charge in [0.05, 0.1) is 18.0 Å². The van der Waals surface area contributed by atoms with Gasteiger partial charge < -0.3 is 10.4 Å². The molecule has 2 N–H and O–H groups in total. The normalized spacial score (nSPS) is 15.3. The predicted molar refractivity (Wildman–Crippen MR) is 111 cm³/mol. The molecule has 3 aromatic rings. The molecule has 0 saturated heterocycles. The second-order valence-corrected chi connectivity index (χ2v) is 8.37. The van der Waals surface area contributed by atoms with Gasteiger partial charge in [0.2, 0.25) is 5.95 Å². The summed E-state index contributed by atoms with van der Waals surface area (Å²) in [5.41, 5.74) is 2.30. The first-order chi connectivity index (χ1) is 13.1. The summed E-state index contributed by atoms with van der Waals surface area (Å²) in [6.45, 7) is 2.55. The summed E-state index contributed by atoms with van der Waals surface area (Å²) in [6.07, 6.45) is 5.05. The van der Waals surface area contributed by atoms with E-state index in [2.05, 4.69) is 5.32 Å². The van der Waals surface area contributed by atoms with E-state index in [-0.39, 0.29) is 5.56 Å². The van der Waals surface area contributed by atoms with Crippen molar-refractivity contribution in [3.8, 4) is 0 Å². The van der Waals surface area contributed by atoms with E-state index >= 15 is 0 Å². The maximum Gasteiger partial charge on any atom is 0.264 e. The number of benzene rings is 1. The van der Waals surface area contributed by atoms with E-state index in [1.165, 1.54) is 23.3 Å². The summed E-state index contributed by atoms with van der Waals surface area (Å²) in [6, 6.07) is 9.96. The lowest BCUT2D eigenvalue weighted by Gasteiger charge is -2.15. The van der Waals surface area contributed by atoms with E-state index in [0.29, 0.717) is 19.0 Å². The Morgan fingerprint density at radius 3 is 2.78 bits per heavy atom. The number of aliphatic hydroxyl groups is 1. The number of nitrogens with one attached hydrogen (secondary N) is 1. The van der Waals surface area contributed by atoms with E-state index < -0.39 is 6.10 Å². The van der Waals surface area contributed by atoms with E-state index in [4.69, 9.17) is 4.98 Å². The smallest absolute Gasteiger partial charge is 0.264 e. The number of fused-ring (bicyclic) bond motifs is 3. The van der Waals surface area contributed by atoms with Gasteiger partial charge in [-0.05, 0) is 43.7 Å². The molecule has 0 amide bonds. The molecule has 1 aliphatic carbocycles. The number of nitrogens with zero attached hydrogens (tertiary/aromatic N) is 2. The molecule has 0 aliphatic heterocycles. The molecule has 27 heavy (non-hydrogen) atoms. The van der Waals surface area contributed by atoms with E-state index in [9.17, 15) is 9.90 Å². The Balaban J connectivity index is 1.85. The van der Waals surface area contributed by atoms with Crippen molar-refractivity contribution in [2.45, 2.75) is 51.7 Å². The third-order valence-electron chi connectivity index (χ3n) is 5.06. The molecule has 142 valence electrons. The van der Waals surface area contributed by atoms with Crippen LogP contribution in [0.15, 0.2) is 35.1 Å². The summed E-state index contributed by atoms with van der Waals surface area (Å²) >= 11 is 1.66. The fourth-order valence-electron chi connectivity index (χ4n) is 3.70. The number of aliphatic hydroxyl groups excluding tert-OH is 1. The topological polar surface area (TPSA) is 67.2 Å². The summed E-state index contributed by atoms with van der Waals surface area (Å²) in [5.74, 6) is 0.536. The Kier molecular flexibility index (Phi) is 5.27. The molecule has 2 heterocycles. The highest BCUT2D eigenvalue weighted by Gasteiger charge is 2.21.